The molecule has 10 aromatic rings. The molecule has 4 nitrogen and oxygen atoms in total. The summed E-state index contributed by atoms with van der Waals surface area (Å²) >= 11 is 0. The van der Waals surface area contributed by atoms with Crippen LogP contribution in [0.3, 0.4) is 0 Å². The highest BCUT2D eigenvalue weighted by molar-refractivity contribution is 6.13. The van der Waals surface area contributed by atoms with Crippen LogP contribution in [0.2, 0.25) is 0 Å². The molecule has 0 amide bonds. The van der Waals surface area contributed by atoms with Crippen LogP contribution in [0.5, 0.6) is 0 Å². The molecule has 49 heavy (non-hydrogen) atoms. The van der Waals surface area contributed by atoms with Crippen molar-refractivity contribution >= 4 is 54.3 Å². The Morgan fingerprint density at radius 2 is 0.878 bits per heavy atom. The smallest absolute Gasteiger partial charge is 0.167 e. The van der Waals surface area contributed by atoms with Crippen LogP contribution >= 0.6 is 0 Å². The van der Waals surface area contributed by atoms with Crippen LogP contribution in [0.25, 0.3) is 99.5 Å². The Morgan fingerprint density at radius 1 is 0.327 bits per heavy atom. The lowest BCUT2D eigenvalue weighted by Gasteiger charge is -2.11. The van der Waals surface area contributed by atoms with Crippen molar-refractivity contribution < 1.29 is 4.42 Å². The van der Waals surface area contributed by atoms with E-state index in [9.17, 15) is 0 Å². The first-order chi connectivity index (χ1) is 24.2. The number of benzene rings is 8. The maximum atomic E-state index is 6.59. The Bertz CT molecular complexity index is 2880. The molecule has 2 heterocycles. The summed E-state index contributed by atoms with van der Waals surface area (Å²) in [7, 11) is 0. The topological polar surface area (TPSA) is 51.8 Å². The quantitative estimate of drug-likeness (QED) is 0.195. The van der Waals surface area contributed by atoms with Gasteiger partial charge in [-0.2, -0.15) is 0 Å². The van der Waals surface area contributed by atoms with Crippen molar-refractivity contribution in [3.8, 4) is 45.3 Å². The fraction of sp³-hybridized carbons (Fsp3) is 0. The van der Waals surface area contributed by atoms with Gasteiger partial charge in [0.05, 0.1) is 5.56 Å². The zero-order chi connectivity index (χ0) is 32.3. The third kappa shape index (κ3) is 4.65. The number of hydrogen-bond donors (Lipinski definition) is 0. The average Bonchev–Trinajstić information content (AvgIpc) is 3.54. The van der Waals surface area contributed by atoms with Gasteiger partial charge in [-0.25, -0.2) is 15.0 Å². The molecule has 0 spiro atoms. The Morgan fingerprint density at radius 3 is 1.69 bits per heavy atom. The van der Waals surface area contributed by atoms with Gasteiger partial charge < -0.3 is 4.42 Å². The van der Waals surface area contributed by atoms with Gasteiger partial charge in [0.25, 0.3) is 0 Å². The summed E-state index contributed by atoms with van der Waals surface area (Å²) in [6.07, 6.45) is 0. The second kappa shape index (κ2) is 11.0. The van der Waals surface area contributed by atoms with Crippen LogP contribution in [0, 0.1) is 0 Å². The monoisotopic (exact) mass is 625 g/mol. The van der Waals surface area contributed by atoms with E-state index in [0.29, 0.717) is 17.5 Å². The minimum Gasteiger partial charge on any atom is -0.455 e. The van der Waals surface area contributed by atoms with Crippen LogP contribution in [0.4, 0.5) is 0 Å². The predicted molar refractivity (Wildman–Crippen MR) is 201 cm³/mol. The number of hydrogen-bond acceptors (Lipinski definition) is 4. The normalized spacial score (nSPS) is 11.7. The number of rotatable bonds is 4. The van der Waals surface area contributed by atoms with Crippen molar-refractivity contribution in [3.63, 3.8) is 0 Å². The third-order valence-corrected chi connectivity index (χ3v) is 9.49. The Labute approximate surface area is 282 Å². The molecule has 0 radical (unpaired) electrons. The fourth-order valence-electron chi connectivity index (χ4n) is 7.02. The summed E-state index contributed by atoms with van der Waals surface area (Å²) in [5, 5.41) is 9.18. The van der Waals surface area contributed by atoms with Gasteiger partial charge in [-0.3, -0.25) is 0 Å². The summed E-state index contributed by atoms with van der Waals surface area (Å²) in [4.78, 5) is 15.3. The summed E-state index contributed by atoms with van der Waals surface area (Å²) in [6.45, 7) is 0. The van der Waals surface area contributed by atoms with Gasteiger partial charge >= 0.3 is 0 Å². The minimum atomic E-state index is 0.570. The van der Waals surface area contributed by atoms with Gasteiger partial charge in [0.1, 0.15) is 11.2 Å². The molecule has 8 aromatic carbocycles. The number of aromatic nitrogens is 3. The molecule has 0 atom stereocenters. The van der Waals surface area contributed by atoms with Crippen molar-refractivity contribution in [2.45, 2.75) is 0 Å². The number of nitrogens with zero attached hydrogens (tertiary/aromatic N) is 3. The zero-order valence-electron chi connectivity index (χ0n) is 26.3. The minimum absolute atomic E-state index is 0.570. The van der Waals surface area contributed by atoms with Gasteiger partial charge in [0, 0.05) is 21.9 Å². The lowest BCUT2D eigenvalue weighted by Crippen LogP contribution is -2.00. The first-order valence-corrected chi connectivity index (χ1v) is 16.4. The van der Waals surface area contributed by atoms with Gasteiger partial charge in [0.15, 0.2) is 17.5 Å². The standard InChI is InChI=1S/C45H27N3O/c1-2-11-32-25-35(24-19-28(32)9-1)44-46-43(31-22-20-30(21-23-31)37-16-7-14-29-10-5-6-15-36(29)37)47-45(48-44)39-18-8-17-38-40-26-33-12-3-4-13-34(33)27-41(40)49-42(38)39/h1-27H. The maximum absolute atomic E-state index is 6.59. The summed E-state index contributed by atoms with van der Waals surface area (Å²) < 4.78 is 6.59. The van der Waals surface area contributed by atoms with E-state index >= 15 is 0 Å². The SMILES string of the molecule is c1ccc2cc(-c3nc(-c4ccc(-c5cccc6ccccc56)cc4)nc(-c4cccc5c4oc4cc6ccccc6cc45)n3)ccc2c1. The van der Waals surface area contributed by atoms with E-state index < -0.39 is 0 Å². The predicted octanol–water partition coefficient (Wildman–Crippen LogP) is 11.9. The second-order valence-corrected chi connectivity index (χ2v) is 12.5. The summed E-state index contributed by atoms with van der Waals surface area (Å²) in [6, 6.07) is 57.0. The molecule has 0 saturated carbocycles. The second-order valence-electron chi connectivity index (χ2n) is 12.5. The Hall–Kier alpha value is -6.65. The van der Waals surface area contributed by atoms with Gasteiger partial charge in [-0.1, -0.05) is 140 Å². The van der Waals surface area contributed by atoms with Crippen molar-refractivity contribution in [1.29, 1.82) is 0 Å². The van der Waals surface area contributed by atoms with Crippen LogP contribution in [0.1, 0.15) is 0 Å². The lowest BCUT2D eigenvalue weighted by atomic mass is 9.97. The molecular weight excluding hydrogens is 599 g/mol. The molecule has 0 aliphatic rings. The molecule has 0 N–H and O–H groups in total. The van der Waals surface area contributed by atoms with Crippen LogP contribution in [-0.2, 0) is 0 Å². The summed E-state index contributed by atoms with van der Waals surface area (Å²) in [5.74, 6) is 1.79. The van der Waals surface area contributed by atoms with Crippen molar-refractivity contribution in [3.05, 3.63) is 164 Å². The lowest BCUT2D eigenvalue weighted by molar-refractivity contribution is 0.670. The Balaban J connectivity index is 1.16. The van der Waals surface area contributed by atoms with E-state index in [1.165, 1.54) is 27.1 Å². The van der Waals surface area contributed by atoms with Gasteiger partial charge in [-0.05, 0) is 67.7 Å². The number of furan rings is 1. The number of para-hydroxylation sites is 1. The third-order valence-electron chi connectivity index (χ3n) is 9.49. The van der Waals surface area contributed by atoms with E-state index in [-0.39, 0.29) is 0 Å². The maximum Gasteiger partial charge on any atom is 0.167 e. The highest BCUT2D eigenvalue weighted by Crippen LogP contribution is 2.38. The molecule has 228 valence electrons. The Kier molecular flexibility index (Phi) is 6.15. The van der Waals surface area contributed by atoms with E-state index in [1.807, 2.05) is 6.07 Å². The highest BCUT2D eigenvalue weighted by atomic mass is 16.3. The molecule has 0 fully saturated rings. The van der Waals surface area contributed by atoms with Gasteiger partial charge in [-0.15, -0.1) is 0 Å². The molecule has 0 saturated heterocycles. The molecule has 0 aliphatic carbocycles. The average molecular weight is 626 g/mol. The van der Waals surface area contributed by atoms with Crippen LogP contribution in [-0.4, -0.2) is 15.0 Å². The van der Waals surface area contributed by atoms with Crippen molar-refractivity contribution in [2.75, 3.05) is 0 Å². The first kappa shape index (κ1) is 27.5. The van der Waals surface area contributed by atoms with E-state index in [1.54, 1.807) is 0 Å². The van der Waals surface area contributed by atoms with Crippen LogP contribution < -0.4 is 0 Å². The van der Waals surface area contributed by atoms with E-state index in [2.05, 4.69) is 158 Å². The van der Waals surface area contributed by atoms with E-state index in [0.717, 1.165) is 55.0 Å². The molecular formula is C45H27N3O. The molecule has 4 heteroatoms. The van der Waals surface area contributed by atoms with Crippen molar-refractivity contribution in [1.82, 2.24) is 15.0 Å². The van der Waals surface area contributed by atoms with Crippen LogP contribution in [0.15, 0.2) is 168 Å². The molecule has 0 bridgehead atoms. The number of fused-ring (bicyclic) bond motifs is 6. The largest absolute Gasteiger partial charge is 0.455 e. The molecule has 2 aromatic heterocycles. The highest BCUT2D eigenvalue weighted by Gasteiger charge is 2.18. The molecule has 0 aliphatic heterocycles. The van der Waals surface area contributed by atoms with Crippen molar-refractivity contribution in [2.24, 2.45) is 0 Å². The molecule has 0 unspecified atom stereocenters. The summed E-state index contributed by atoms with van der Waals surface area (Å²) in [5.41, 5.74) is 6.62. The van der Waals surface area contributed by atoms with E-state index in [4.69, 9.17) is 19.4 Å². The van der Waals surface area contributed by atoms with Gasteiger partial charge in [0.2, 0.25) is 0 Å². The molecule has 10 rings (SSSR count). The first-order valence-electron chi connectivity index (χ1n) is 16.4. The fourth-order valence-corrected chi connectivity index (χ4v) is 7.02. The zero-order valence-corrected chi connectivity index (χ0v) is 26.3.